The minimum atomic E-state index is 0.0909. The summed E-state index contributed by atoms with van der Waals surface area (Å²) in [6.07, 6.45) is 4.78. The number of nitrogens with zero attached hydrogens (tertiary/aromatic N) is 4. The summed E-state index contributed by atoms with van der Waals surface area (Å²) in [4.78, 5) is 20.2. The topological polar surface area (TPSA) is 52.3 Å². The molecule has 1 aromatic carbocycles. The number of hydrogen-bond acceptors (Lipinski definition) is 4. The second-order valence-electron chi connectivity index (χ2n) is 8.75. The molecule has 3 aromatic rings. The van der Waals surface area contributed by atoms with E-state index in [1.54, 1.807) is 13.3 Å². The van der Waals surface area contributed by atoms with E-state index in [9.17, 15) is 4.79 Å². The summed E-state index contributed by atoms with van der Waals surface area (Å²) in [6.45, 7) is 5.77. The number of imidazole rings is 1. The standard InChI is InChI=1S/C24H28N4O2/c1-16-4-5-17(11-22(16)30-3)12-27-13-18-10-19(15-27)21-7-6-20(24(29)28(21)14-18)23-25-8-9-26(23)2/h4-9,11,18-19H,10,12-15H2,1-3H3/t18-,19+/m0/s1. The minimum absolute atomic E-state index is 0.0909. The number of fused-ring (bicyclic) bond motifs is 4. The number of aryl methyl sites for hydroxylation is 2. The van der Waals surface area contributed by atoms with Crippen LogP contribution in [-0.4, -0.2) is 39.2 Å². The third-order valence-electron chi connectivity index (χ3n) is 6.62. The van der Waals surface area contributed by atoms with E-state index in [0.29, 0.717) is 17.4 Å². The number of pyridine rings is 1. The van der Waals surface area contributed by atoms with E-state index in [1.165, 1.54) is 11.3 Å². The van der Waals surface area contributed by atoms with Gasteiger partial charge in [0.1, 0.15) is 11.6 Å². The van der Waals surface area contributed by atoms with Gasteiger partial charge in [-0.15, -0.1) is 0 Å². The average molecular weight is 405 g/mol. The Morgan fingerprint density at radius 1 is 1.17 bits per heavy atom. The summed E-state index contributed by atoms with van der Waals surface area (Å²) in [5.41, 5.74) is 4.39. The zero-order valence-electron chi connectivity index (χ0n) is 17.8. The van der Waals surface area contributed by atoms with Crippen LogP contribution in [0.4, 0.5) is 0 Å². The van der Waals surface area contributed by atoms with Crippen molar-refractivity contribution >= 4 is 0 Å². The van der Waals surface area contributed by atoms with Gasteiger partial charge in [0.25, 0.3) is 5.56 Å². The number of piperidine rings is 1. The first-order valence-electron chi connectivity index (χ1n) is 10.6. The van der Waals surface area contributed by atoms with Gasteiger partial charge in [-0.2, -0.15) is 0 Å². The zero-order chi connectivity index (χ0) is 20.8. The van der Waals surface area contributed by atoms with E-state index >= 15 is 0 Å². The van der Waals surface area contributed by atoms with E-state index in [1.807, 2.05) is 28.4 Å². The monoisotopic (exact) mass is 404 g/mol. The molecule has 0 unspecified atom stereocenters. The number of ether oxygens (including phenoxy) is 1. The molecular formula is C24H28N4O2. The lowest BCUT2D eigenvalue weighted by atomic mass is 9.82. The van der Waals surface area contributed by atoms with Crippen LogP contribution < -0.4 is 10.3 Å². The third-order valence-corrected chi connectivity index (χ3v) is 6.62. The summed E-state index contributed by atoms with van der Waals surface area (Å²) in [5.74, 6) is 2.58. The van der Waals surface area contributed by atoms with Crippen molar-refractivity contribution in [2.75, 3.05) is 20.2 Å². The fourth-order valence-electron chi connectivity index (χ4n) is 5.19. The maximum absolute atomic E-state index is 13.3. The van der Waals surface area contributed by atoms with Crippen molar-refractivity contribution in [3.63, 3.8) is 0 Å². The molecule has 30 heavy (non-hydrogen) atoms. The second kappa shape index (κ2) is 7.43. The molecule has 0 N–H and O–H groups in total. The van der Waals surface area contributed by atoms with Crippen LogP contribution in [0.2, 0.25) is 0 Å². The Kier molecular flexibility index (Phi) is 4.74. The quantitative estimate of drug-likeness (QED) is 0.670. The molecular weight excluding hydrogens is 376 g/mol. The lowest BCUT2D eigenvalue weighted by Crippen LogP contribution is -2.47. The molecule has 2 atom stereocenters. The highest BCUT2D eigenvalue weighted by Crippen LogP contribution is 2.36. The SMILES string of the molecule is COc1cc(CN2C[C@@H]3C[C@H](C2)c2ccc(-c4nccn4C)c(=O)n2C3)ccc1C. The lowest BCUT2D eigenvalue weighted by molar-refractivity contribution is 0.114. The van der Waals surface area contributed by atoms with Crippen LogP contribution in [0.5, 0.6) is 5.75 Å². The van der Waals surface area contributed by atoms with E-state index in [2.05, 4.69) is 41.1 Å². The molecule has 2 aliphatic rings. The van der Waals surface area contributed by atoms with Gasteiger partial charge in [-0.05, 0) is 48.6 Å². The molecule has 0 radical (unpaired) electrons. The van der Waals surface area contributed by atoms with Crippen molar-refractivity contribution in [2.45, 2.75) is 32.4 Å². The molecule has 1 saturated heterocycles. The highest BCUT2D eigenvalue weighted by Gasteiger charge is 2.35. The van der Waals surface area contributed by atoms with Crippen molar-refractivity contribution in [1.29, 1.82) is 0 Å². The molecule has 0 saturated carbocycles. The molecule has 5 rings (SSSR count). The van der Waals surface area contributed by atoms with Gasteiger partial charge in [0, 0.05) is 57.2 Å². The normalized spacial score (nSPS) is 20.8. The minimum Gasteiger partial charge on any atom is -0.496 e. The Labute approximate surface area is 176 Å². The highest BCUT2D eigenvalue weighted by atomic mass is 16.5. The first kappa shape index (κ1) is 19.1. The molecule has 6 heteroatoms. The molecule has 2 aliphatic heterocycles. The first-order chi connectivity index (χ1) is 14.5. The van der Waals surface area contributed by atoms with Gasteiger partial charge in [0.05, 0.1) is 12.7 Å². The first-order valence-corrected chi connectivity index (χ1v) is 10.6. The number of benzene rings is 1. The smallest absolute Gasteiger partial charge is 0.261 e. The van der Waals surface area contributed by atoms with Crippen LogP contribution in [-0.2, 0) is 20.1 Å². The Morgan fingerprint density at radius 2 is 2.03 bits per heavy atom. The molecule has 1 fully saturated rings. The van der Waals surface area contributed by atoms with Crippen molar-refractivity contribution in [3.8, 4) is 17.1 Å². The summed E-state index contributed by atoms with van der Waals surface area (Å²) in [6, 6.07) is 10.6. The Morgan fingerprint density at radius 3 is 2.80 bits per heavy atom. The number of likely N-dealkylation sites (tertiary alicyclic amines) is 1. The number of aromatic nitrogens is 3. The van der Waals surface area contributed by atoms with Crippen molar-refractivity contribution < 1.29 is 4.74 Å². The fourth-order valence-corrected chi connectivity index (χ4v) is 5.19. The van der Waals surface area contributed by atoms with Gasteiger partial charge in [-0.25, -0.2) is 4.98 Å². The molecule has 156 valence electrons. The number of hydrogen-bond donors (Lipinski definition) is 0. The van der Waals surface area contributed by atoms with Crippen LogP contribution in [0.25, 0.3) is 11.4 Å². The Hall–Kier alpha value is -2.86. The number of methoxy groups -OCH3 is 1. The van der Waals surface area contributed by atoms with E-state index in [4.69, 9.17) is 4.74 Å². The highest BCUT2D eigenvalue weighted by molar-refractivity contribution is 5.54. The van der Waals surface area contributed by atoms with Crippen molar-refractivity contribution in [3.05, 3.63) is 69.9 Å². The Balaban J connectivity index is 1.41. The summed E-state index contributed by atoms with van der Waals surface area (Å²) < 4.78 is 9.41. The van der Waals surface area contributed by atoms with Gasteiger partial charge >= 0.3 is 0 Å². The predicted octanol–water partition coefficient (Wildman–Crippen LogP) is 3.19. The van der Waals surface area contributed by atoms with Gasteiger partial charge in [-0.3, -0.25) is 9.69 Å². The van der Waals surface area contributed by atoms with Gasteiger partial charge in [-0.1, -0.05) is 12.1 Å². The maximum atomic E-state index is 13.3. The van der Waals surface area contributed by atoms with E-state index < -0.39 is 0 Å². The van der Waals surface area contributed by atoms with Crippen LogP contribution in [0, 0.1) is 12.8 Å². The van der Waals surface area contributed by atoms with Crippen molar-refractivity contribution in [1.82, 2.24) is 19.0 Å². The maximum Gasteiger partial charge on any atom is 0.261 e. The van der Waals surface area contributed by atoms with E-state index in [0.717, 1.165) is 49.7 Å². The second-order valence-corrected chi connectivity index (χ2v) is 8.75. The summed E-state index contributed by atoms with van der Waals surface area (Å²) in [5, 5.41) is 0. The average Bonchev–Trinajstić information content (AvgIpc) is 3.16. The van der Waals surface area contributed by atoms with Crippen LogP contribution in [0.1, 0.15) is 29.2 Å². The van der Waals surface area contributed by atoms with Crippen LogP contribution in [0.3, 0.4) is 0 Å². The van der Waals surface area contributed by atoms with Gasteiger partial charge < -0.3 is 13.9 Å². The molecule has 2 bridgehead atoms. The summed E-state index contributed by atoms with van der Waals surface area (Å²) in [7, 11) is 3.66. The summed E-state index contributed by atoms with van der Waals surface area (Å²) >= 11 is 0. The van der Waals surface area contributed by atoms with E-state index in [-0.39, 0.29) is 5.56 Å². The fraction of sp³-hybridized carbons (Fsp3) is 0.417. The molecule has 2 aromatic heterocycles. The van der Waals surface area contributed by atoms with Crippen LogP contribution in [0.15, 0.2) is 47.5 Å². The molecule has 0 amide bonds. The van der Waals surface area contributed by atoms with Crippen LogP contribution >= 0.6 is 0 Å². The molecule has 0 spiro atoms. The van der Waals surface area contributed by atoms with Gasteiger partial charge in [0.2, 0.25) is 0 Å². The zero-order valence-corrected chi connectivity index (χ0v) is 17.8. The Bertz CT molecular complexity index is 1150. The molecule has 6 nitrogen and oxygen atoms in total. The molecule has 4 heterocycles. The lowest BCUT2D eigenvalue weighted by Gasteiger charge is -2.43. The predicted molar refractivity (Wildman–Crippen MR) is 117 cm³/mol. The third kappa shape index (κ3) is 3.25. The largest absolute Gasteiger partial charge is 0.496 e. The van der Waals surface area contributed by atoms with Crippen molar-refractivity contribution in [2.24, 2.45) is 13.0 Å². The molecule has 0 aliphatic carbocycles. The van der Waals surface area contributed by atoms with Gasteiger partial charge in [0.15, 0.2) is 0 Å². The number of rotatable bonds is 4.